The van der Waals surface area contributed by atoms with Crippen LogP contribution < -0.4 is 0 Å². The molecule has 1 fully saturated rings. The molecule has 2 aliphatic rings. The van der Waals surface area contributed by atoms with E-state index in [-0.39, 0.29) is 0 Å². The second kappa shape index (κ2) is 5.17. The van der Waals surface area contributed by atoms with Crippen molar-refractivity contribution in [2.24, 2.45) is 5.92 Å². The maximum atomic E-state index is 2.67. The summed E-state index contributed by atoms with van der Waals surface area (Å²) in [5.74, 6) is 0.938. The molecular formula is C17H23N. The van der Waals surface area contributed by atoms with E-state index in [4.69, 9.17) is 0 Å². The average molecular weight is 241 g/mol. The highest BCUT2D eigenvalue weighted by Crippen LogP contribution is 2.34. The van der Waals surface area contributed by atoms with E-state index in [0.29, 0.717) is 0 Å². The second-order valence-corrected chi connectivity index (χ2v) is 5.85. The summed E-state index contributed by atoms with van der Waals surface area (Å²) in [4.78, 5) is 2.67. The number of nitrogens with zero attached hydrogens (tertiary/aromatic N) is 1. The largest absolute Gasteiger partial charge is 0.368 e. The highest BCUT2D eigenvalue weighted by Gasteiger charge is 2.27. The van der Waals surface area contributed by atoms with Crippen molar-refractivity contribution in [2.45, 2.75) is 45.1 Å². The first-order chi connectivity index (χ1) is 8.84. The Labute approximate surface area is 111 Å². The van der Waals surface area contributed by atoms with Gasteiger partial charge < -0.3 is 4.90 Å². The lowest BCUT2D eigenvalue weighted by Gasteiger charge is -2.36. The van der Waals surface area contributed by atoms with Crippen LogP contribution in [0.2, 0.25) is 0 Å². The van der Waals surface area contributed by atoms with Crippen molar-refractivity contribution in [1.82, 2.24) is 4.90 Å². The molecule has 0 spiro atoms. The third kappa shape index (κ3) is 2.31. The van der Waals surface area contributed by atoms with E-state index in [1.165, 1.54) is 49.9 Å². The van der Waals surface area contributed by atoms with Crippen molar-refractivity contribution < 1.29 is 0 Å². The molecule has 0 saturated heterocycles. The topological polar surface area (TPSA) is 3.24 Å². The van der Waals surface area contributed by atoms with E-state index in [1.807, 2.05) is 0 Å². The van der Waals surface area contributed by atoms with Gasteiger partial charge in [0.15, 0.2) is 0 Å². The zero-order valence-corrected chi connectivity index (χ0v) is 11.3. The molecule has 0 N–H and O–H groups in total. The SMILES string of the molecule is CC1CCC(N2CCC=C2c2ccccc2)CC1. The Morgan fingerprint density at radius 1 is 1.00 bits per heavy atom. The van der Waals surface area contributed by atoms with Crippen molar-refractivity contribution in [3.05, 3.63) is 42.0 Å². The van der Waals surface area contributed by atoms with Crippen LogP contribution in [0, 0.1) is 5.92 Å². The van der Waals surface area contributed by atoms with Gasteiger partial charge in [-0.1, -0.05) is 43.3 Å². The molecule has 1 saturated carbocycles. The highest BCUT2D eigenvalue weighted by molar-refractivity contribution is 5.66. The van der Waals surface area contributed by atoms with E-state index in [2.05, 4.69) is 48.2 Å². The van der Waals surface area contributed by atoms with Gasteiger partial charge in [-0.05, 0) is 43.6 Å². The molecule has 1 aromatic carbocycles. The van der Waals surface area contributed by atoms with Gasteiger partial charge in [0.2, 0.25) is 0 Å². The molecule has 1 aliphatic carbocycles. The van der Waals surface area contributed by atoms with Crippen LogP contribution in [0.4, 0.5) is 0 Å². The first kappa shape index (κ1) is 11.8. The van der Waals surface area contributed by atoms with E-state index in [0.717, 1.165) is 12.0 Å². The smallest absolute Gasteiger partial charge is 0.0402 e. The van der Waals surface area contributed by atoms with Crippen LogP contribution in [-0.4, -0.2) is 17.5 Å². The van der Waals surface area contributed by atoms with E-state index >= 15 is 0 Å². The van der Waals surface area contributed by atoms with Crippen molar-refractivity contribution in [3.63, 3.8) is 0 Å². The molecule has 1 heterocycles. The van der Waals surface area contributed by atoms with Crippen molar-refractivity contribution >= 4 is 5.70 Å². The molecule has 0 bridgehead atoms. The molecule has 1 heteroatoms. The fraction of sp³-hybridized carbons (Fsp3) is 0.529. The van der Waals surface area contributed by atoms with Crippen LogP contribution in [0.1, 0.15) is 44.6 Å². The lowest BCUT2D eigenvalue weighted by Crippen LogP contribution is -2.35. The second-order valence-electron chi connectivity index (χ2n) is 5.85. The zero-order chi connectivity index (χ0) is 12.4. The Morgan fingerprint density at radius 3 is 2.44 bits per heavy atom. The predicted molar refractivity (Wildman–Crippen MR) is 77.2 cm³/mol. The average Bonchev–Trinajstić information content (AvgIpc) is 2.90. The van der Waals surface area contributed by atoms with Gasteiger partial charge in [-0.25, -0.2) is 0 Å². The van der Waals surface area contributed by atoms with Gasteiger partial charge in [-0.2, -0.15) is 0 Å². The van der Waals surface area contributed by atoms with Crippen molar-refractivity contribution in [3.8, 4) is 0 Å². The number of rotatable bonds is 2. The Bertz CT molecular complexity index is 412. The Balaban J connectivity index is 1.75. The standard InChI is InChI=1S/C17H23N/c1-14-9-11-16(12-10-14)18-13-5-8-17(18)15-6-3-2-4-7-15/h2-4,6-8,14,16H,5,9-13H2,1H3. The molecule has 0 unspecified atom stereocenters. The Kier molecular flexibility index (Phi) is 3.40. The summed E-state index contributed by atoms with van der Waals surface area (Å²) >= 11 is 0. The van der Waals surface area contributed by atoms with Gasteiger partial charge in [0.05, 0.1) is 0 Å². The molecular weight excluding hydrogens is 218 g/mol. The molecule has 1 aliphatic heterocycles. The van der Waals surface area contributed by atoms with Gasteiger partial charge in [0, 0.05) is 18.3 Å². The highest BCUT2D eigenvalue weighted by atomic mass is 15.2. The van der Waals surface area contributed by atoms with Crippen LogP contribution in [0.5, 0.6) is 0 Å². The van der Waals surface area contributed by atoms with Gasteiger partial charge in [0.1, 0.15) is 0 Å². The maximum absolute atomic E-state index is 2.67. The minimum atomic E-state index is 0.787. The third-order valence-corrected chi connectivity index (χ3v) is 4.51. The number of benzene rings is 1. The summed E-state index contributed by atoms with van der Waals surface area (Å²) in [7, 11) is 0. The van der Waals surface area contributed by atoms with Gasteiger partial charge in [0.25, 0.3) is 0 Å². The first-order valence-corrected chi connectivity index (χ1v) is 7.37. The quantitative estimate of drug-likeness (QED) is 0.745. The van der Waals surface area contributed by atoms with Crippen LogP contribution in [-0.2, 0) is 0 Å². The van der Waals surface area contributed by atoms with Crippen LogP contribution in [0.25, 0.3) is 5.70 Å². The minimum Gasteiger partial charge on any atom is -0.368 e. The van der Waals surface area contributed by atoms with E-state index in [1.54, 1.807) is 0 Å². The molecule has 1 nitrogen and oxygen atoms in total. The molecule has 3 rings (SSSR count). The predicted octanol–water partition coefficient (Wildman–Crippen LogP) is 4.31. The summed E-state index contributed by atoms with van der Waals surface area (Å²) in [6.45, 7) is 3.62. The minimum absolute atomic E-state index is 0.787. The van der Waals surface area contributed by atoms with Crippen molar-refractivity contribution in [1.29, 1.82) is 0 Å². The lowest BCUT2D eigenvalue weighted by molar-refractivity contribution is 0.212. The van der Waals surface area contributed by atoms with Gasteiger partial charge in [-0.15, -0.1) is 0 Å². The van der Waals surface area contributed by atoms with E-state index < -0.39 is 0 Å². The summed E-state index contributed by atoms with van der Waals surface area (Å²) in [5.41, 5.74) is 2.88. The molecule has 0 amide bonds. The molecule has 18 heavy (non-hydrogen) atoms. The Morgan fingerprint density at radius 2 is 1.72 bits per heavy atom. The maximum Gasteiger partial charge on any atom is 0.0402 e. The monoisotopic (exact) mass is 241 g/mol. The van der Waals surface area contributed by atoms with Crippen LogP contribution in [0.15, 0.2) is 36.4 Å². The molecule has 0 atom stereocenters. The number of hydrogen-bond donors (Lipinski definition) is 0. The first-order valence-electron chi connectivity index (χ1n) is 7.37. The summed E-state index contributed by atoms with van der Waals surface area (Å²) < 4.78 is 0. The third-order valence-electron chi connectivity index (χ3n) is 4.51. The summed E-state index contributed by atoms with van der Waals surface area (Å²) in [5, 5.41) is 0. The fourth-order valence-corrected chi connectivity index (χ4v) is 3.40. The van der Waals surface area contributed by atoms with Gasteiger partial charge >= 0.3 is 0 Å². The van der Waals surface area contributed by atoms with Gasteiger partial charge in [-0.3, -0.25) is 0 Å². The molecule has 96 valence electrons. The van der Waals surface area contributed by atoms with Crippen LogP contribution in [0.3, 0.4) is 0 Å². The zero-order valence-electron chi connectivity index (χ0n) is 11.3. The lowest BCUT2D eigenvalue weighted by atomic mass is 9.86. The normalized spacial score (nSPS) is 28.3. The Hall–Kier alpha value is -1.24. The number of hydrogen-bond acceptors (Lipinski definition) is 1. The van der Waals surface area contributed by atoms with Crippen molar-refractivity contribution in [2.75, 3.05) is 6.54 Å². The van der Waals surface area contributed by atoms with E-state index in [9.17, 15) is 0 Å². The molecule has 0 radical (unpaired) electrons. The molecule has 0 aromatic heterocycles. The fourth-order valence-electron chi connectivity index (χ4n) is 3.40. The summed E-state index contributed by atoms with van der Waals surface area (Å²) in [6, 6.07) is 11.7. The summed E-state index contributed by atoms with van der Waals surface area (Å²) in [6.07, 6.45) is 9.22. The van der Waals surface area contributed by atoms with Crippen LogP contribution >= 0.6 is 0 Å². The molecule has 1 aromatic rings.